The Bertz CT molecular complexity index is 852. The minimum atomic E-state index is -0.489. The van der Waals surface area contributed by atoms with E-state index in [9.17, 15) is 9.59 Å². The number of methoxy groups -OCH3 is 2. The summed E-state index contributed by atoms with van der Waals surface area (Å²) in [5.74, 6) is 0.0601. The molecule has 0 radical (unpaired) electrons. The molecule has 0 spiro atoms. The largest absolute Gasteiger partial charge is 0.493 e. The van der Waals surface area contributed by atoms with E-state index in [1.54, 1.807) is 18.2 Å². The maximum absolute atomic E-state index is 12.4. The quantitative estimate of drug-likeness (QED) is 0.401. The molecule has 0 bridgehead atoms. The first-order chi connectivity index (χ1) is 14.4. The molecule has 0 aliphatic carbocycles. The van der Waals surface area contributed by atoms with Gasteiger partial charge in [0.25, 0.3) is 5.91 Å². The molecule has 0 aromatic heterocycles. The molecule has 2 aliphatic rings. The number of aliphatic hydroxyl groups is 1. The molecule has 10 heteroatoms. The smallest absolute Gasteiger partial charge is 0.308 e. The van der Waals surface area contributed by atoms with Crippen LogP contribution in [-0.4, -0.2) is 85.5 Å². The molecule has 1 fully saturated rings. The van der Waals surface area contributed by atoms with Gasteiger partial charge in [-0.2, -0.15) is 4.99 Å². The molecule has 162 valence electrons. The summed E-state index contributed by atoms with van der Waals surface area (Å²) in [5, 5.41) is 9.75. The van der Waals surface area contributed by atoms with E-state index in [1.165, 1.54) is 32.9 Å². The highest BCUT2D eigenvalue weighted by atomic mass is 32.2. The van der Waals surface area contributed by atoms with Crippen LogP contribution >= 0.6 is 11.8 Å². The van der Waals surface area contributed by atoms with Crippen molar-refractivity contribution in [1.29, 1.82) is 0 Å². The molecule has 3 rings (SSSR count). The summed E-state index contributed by atoms with van der Waals surface area (Å²) in [6, 6.07) is 3.35. The minimum absolute atomic E-state index is 0.143. The lowest BCUT2D eigenvalue weighted by Gasteiger charge is -2.34. The van der Waals surface area contributed by atoms with E-state index in [0.717, 1.165) is 26.2 Å². The first-order valence-electron chi connectivity index (χ1n) is 9.50. The number of aliphatic imine (C=N–C) groups is 1. The number of thioether (sulfide) groups is 1. The number of esters is 1. The lowest BCUT2D eigenvalue weighted by molar-refractivity contribution is -0.132. The average Bonchev–Trinajstić information content (AvgIpc) is 3.09. The van der Waals surface area contributed by atoms with Crippen LogP contribution in [0.4, 0.5) is 0 Å². The molecule has 1 aromatic rings. The van der Waals surface area contributed by atoms with Crippen LogP contribution in [0.5, 0.6) is 17.2 Å². The molecule has 2 heterocycles. The Labute approximate surface area is 179 Å². The second-order valence-electron chi connectivity index (χ2n) is 6.71. The number of benzene rings is 1. The lowest BCUT2D eigenvalue weighted by Crippen LogP contribution is -2.48. The summed E-state index contributed by atoms with van der Waals surface area (Å²) >= 11 is 1.33. The molecular formula is C20H25N3O6S. The average molecular weight is 436 g/mol. The zero-order chi connectivity index (χ0) is 21.7. The third kappa shape index (κ3) is 5.13. The predicted octanol–water partition coefficient (Wildman–Crippen LogP) is 1.21. The molecule has 1 N–H and O–H groups in total. The van der Waals surface area contributed by atoms with Crippen molar-refractivity contribution in [2.45, 2.75) is 6.92 Å². The monoisotopic (exact) mass is 435 g/mol. The highest BCUT2D eigenvalue weighted by Gasteiger charge is 2.28. The number of hydrogen-bond donors (Lipinski definition) is 1. The maximum atomic E-state index is 12.4. The molecule has 30 heavy (non-hydrogen) atoms. The SMILES string of the molecule is COc1cc(/C=C2\SC(N3CCN(CCO)CC3)=NC2=O)cc(OC)c1OC(C)=O. The maximum Gasteiger partial charge on any atom is 0.308 e. The Morgan fingerprint density at radius 2 is 1.83 bits per heavy atom. The number of rotatable bonds is 6. The molecule has 9 nitrogen and oxygen atoms in total. The summed E-state index contributed by atoms with van der Waals surface area (Å²) in [7, 11) is 2.93. The van der Waals surface area contributed by atoms with Crippen LogP contribution in [0.3, 0.4) is 0 Å². The van der Waals surface area contributed by atoms with Crippen molar-refractivity contribution in [3.8, 4) is 17.2 Å². The Kier molecular flexibility index (Phi) is 7.35. The van der Waals surface area contributed by atoms with Gasteiger partial charge in [0.05, 0.1) is 25.7 Å². The van der Waals surface area contributed by atoms with Crippen molar-refractivity contribution in [1.82, 2.24) is 9.80 Å². The first-order valence-corrected chi connectivity index (χ1v) is 10.3. The Morgan fingerprint density at radius 1 is 1.20 bits per heavy atom. The third-order valence-electron chi connectivity index (χ3n) is 4.69. The van der Waals surface area contributed by atoms with Crippen LogP contribution in [0.2, 0.25) is 0 Å². The van der Waals surface area contributed by atoms with Gasteiger partial charge in [-0.1, -0.05) is 0 Å². The Balaban J connectivity index is 1.76. The number of carbonyl (C=O) groups excluding carboxylic acids is 2. The molecule has 2 aliphatic heterocycles. The van der Waals surface area contributed by atoms with Gasteiger partial charge in [0.1, 0.15) is 0 Å². The summed E-state index contributed by atoms with van der Waals surface area (Å²) in [4.78, 5) is 32.8. The van der Waals surface area contributed by atoms with Crippen LogP contribution in [0.25, 0.3) is 6.08 Å². The van der Waals surface area contributed by atoms with Gasteiger partial charge in [0.15, 0.2) is 16.7 Å². The number of carbonyl (C=O) groups is 2. The number of amides is 1. The van der Waals surface area contributed by atoms with Gasteiger partial charge in [0.2, 0.25) is 5.75 Å². The Morgan fingerprint density at radius 3 is 2.37 bits per heavy atom. The van der Waals surface area contributed by atoms with E-state index in [4.69, 9.17) is 19.3 Å². The van der Waals surface area contributed by atoms with E-state index in [0.29, 0.717) is 33.7 Å². The van der Waals surface area contributed by atoms with Crippen molar-refractivity contribution in [2.75, 3.05) is 53.6 Å². The van der Waals surface area contributed by atoms with Crippen molar-refractivity contribution >= 4 is 34.9 Å². The second kappa shape index (κ2) is 9.96. The molecule has 0 atom stereocenters. The summed E-state index contributed by atoms with van der Waals surface area (Å²) in [6.45, 7) is 5.24. The molecule has 0 saturated carbocycles. The lowest BCUT2D eigenvalue weighted by atomic mass is 10.1. The third-order valence-corrected chi connectivity index (χ3v) is 5.74. The normalized spacial score (nSPS) is 18.5. The van der Waals surface area contributed by atoms with Crippen molar-refractivity contribution in [3.63, 3.8) is 0 Å². The van der Waals surface area contributed by atoms with Gasteiger partial charge in [0, 0.05) is 39.6 Å². The van der Waals surface area contributed by atoms with E-state index in [-0.39, 0.29) is 18.3 Å². The molecule has 1 saturated heterocycles. The molecule has 1 amide bonds. The fourth-order valence-corrected chi connectivity index (χ4v) is 4.18. The van der Waals surface area contributed by atoms with Crippen molar-refractivity contribution in [3.05, 3.63) is 22.6 Å². The van der Waals surface area contributed by atoms with E-state index in [2.05, 4.69) is 14.8 Å². The van der Waals surface area contributed by atoms with Crippen molar-refractivity contribution in [2.24, 2.45) is 4.99 Å². The molecule has 1 aromatic carbocycles. The first kappa shape index (κ1) is 22.1. The second-order valence-corrected chi connectivity index (χ2v) is 7.72. The zero-order valence-electron chi connectivity index (χ0n) is 17.2. The summed E-state index contributed by atoms with van der Waals surface area (Å²) in [5.41, 5.74) is 0.666. The van der Waals surface area contributed by atoms with Crippen LogP contribution < -0.4 is 14.2 Å². The van der Waals surface area contributed by atoms with Crippen molar-refractivity contribution < 1.29 is 28.9 Å². The van der Waals surface area contributed by atoms with Gasteiger partial charge >= 0.3 is 5.97 Å². The fourth-order valence-electron chi connectivity index (χ4n) is 3.22. The van der Waals surface area contributed by atoms with Crippen LogP contribution in [0.1, 0.15) is 12.5 Å². The number of piperazine rings is 1. The topological polar surface area (TPSA) is 101 Å². The van der Waals surface area contributed by atoms with Crippen LogP contribution in [0, 0.1) is 0 Å². The minimum Gasteiger partial charge on any atom is -0.493 e. The number of hydrogen-bond acceptors (Lipinski definition) is 9. The van der Waals surface area contributed by atoms with E-state index >= 15 is 0 Å². The highest BCUT2D eigenvalue weighted by molar-refractivity contribution is 8.18. The van der Waals surface area contributed by atoms with Gasteiger partial charge in [-0.05, 0) is 35.5 Å². The van der Waals surface area contributed by atoms with Gasteiger partial charge in [-0.3, -0.25) is 14.5 Å². The van der Waals surface area contributed by atoms with Crippen LogP contribution in [0.15, 0.2) is 22.0 Å². The summed E-state index contributed by atoms with van der Waals surface area (Å²) < 4.78 is 15.9. The van der Waals surface area contributed by atoms with Crippen LogP contribution in [-0.2, 0) is 9.59 Å². The number of nitrogens with zero attached hydrogens (tertiary/aromatic N) is 3. The zero-order valence-corrected chi connectivity index (χ0v) is 18.0. The van der Waals surface area contributed by atoms with Gasteiger partial charge in [-0.15, -0.1) is 0 Å². The standard InChI is InChI=1S/C20H25N3O6S/c1-13(25)29-18-15(27-2)10-14(11-16(18)28-3)12-17-19(26)21-20(30-17)23-6-4-22(5-7-23)8-9-24/h10-12,24H,4-9H2,1-3H3/b17-12-. The summed E-state index contributed by atoms with van der Waals surface area (Å²) in [6.07, 6.45) is 1.72. The van der Waals surface area contributed by atoms with Gasteiger partial charge < -0.3 is 24.2 Å². The number of aliphatic hydroxyl groups excluding tert-OH is 1. The Hall–Kier alpha value is -2.56. The highest BCUT2D eigenvalue weighted by Crippen LogP contribution is 2.40. The number of β-amino-alcohol motifs (C(OH)–C–C–N with tert-alkyl or cyclic N) is 1. The molecule has 0 unspecified atom stereocenters. The fraction of sp³-hybridized carbons (Fsp3) is 0.450. The predicted molar refractivity (Wildman–Crippen MR) is 114 cm³/mol. The van der Waals surface area contributed by atoms with Gasteiger partial charge in [-0.25, -0.2) is 0 Å². The number of amidine groups is 1. The molecular weight excluding hydrogens is 410 g/mol. The number of ether oxygens (including phenoxy) is 3. The van der Waals surface area contributed by atoms with E-state index in [1.807, 2.05) is 0 Å². The van der Waals surface area contributed by atoms with E-state index < -0.39 is 5.97 Å².